The largest absolute Gasteiger partial charge is 0.468 e. The summed E-state index contributed by atoms with van der Waals surface area (Å²) >= 11 is 0. The van der Waals surface area contributed by atoms with Crippen molar-refractivity contribution in [2.75, 3.05) is 19.6 Å². The van der Waals surface area contributed by atoms with Crippen LogP contribution in [0, 0.1) is 0 Å². The Bertz CT molecular complexity index is 461. The molecular formula is C18H29N3O2. The summed E-state index contributed by atoms with van der Waals surface area (Å²) < 4.78 is 5.59. The van der Waals surface area contributed by atoms with Crippen molar-refractivity contribution < 1.29 is 9.21 Å². The van der Waals surface area contributed by atoms with Gasteiger partial charge in [-0.2, -0.15) is 0 Å². The summed E-state index contributed by atoms with van der Waals surface area (Å²) in [5.74, 6) is 0.946. The molecule has 128 valence electrons. The summed E-state index contributed by atoms with van der Waals surface area (Å²) in [5, 5.41) is 6.21. The van der Waals surface area contributed by atoms with Gasteiger partial charge in [0.2, 0.25) is 0 Å². The molecular weight excluding hydrogens is 290 g/mol. The zero-order valence-electron chi connectivity index (χ0n) is 13.9. The molecule has 1 saturated carbocycles. The molecule has 3 rings (SSSR count). The van der Waals surface area contributed by atoms with Gasteiger partial charge in [-0.15, -0.1) is 0 Å². The number of nitrogens with zero attached hydrogens (tertiary/aromatic N) is 1. The Kier molecular flexibility index (Phi) is 5.97. The van der Waals surface area contributed by atoms with Crippen LogP contribution in [0.25, 0.3) is 0 Å². The first-order valence-electron chi connectivity index (χ1n) is 9.15. The number of hydrogen-bond acceptors (Lipinski definition) is 3. The molecule has 23 heavy (non-hydrogen) atoms. The van der Waals surface area contributed by atoms with E-state index in [4.69, 9.17) is 4.42 Å². The zero-order valence-corrected chi connectivity index (χ0v) is 13.9. The minimum Gasteiger partial charge on any atom is -0.468 e. The number of urea groups is 1. The molecule has 2 aliphatic rings. The van der Waals surface area contributed by atoms with Crippen molar-refractivity contribution in [2.45, 2.75) is 63.5 Å². The van der Waals surface area contributed by atoms with Gasteiger partial charge >= 0.3 is 6.03 Å². The van der Waals surface area contributed by atoms with Gasteiger partial charge in [0.05, 0.1) is 12.3 Å². The lowest BCUT2D eigenvalue weighted by Crippen LogP contribution is -2.45. The highest BCUT2D eigenvalue weighted by Gasteiger charge is 2.26. The maximum atomic E-state index is 12.2. The molecule has 5 heteroatoms. The fourth-order valence-electron chi connectivity index (χ4n) is 3.79. The van der Waals surface area contributed by atoms with E-state index >= 15 is 0 Å². The molecule has 5 nitrogen and oxygen atoms in total. The lowest BCUT2D eigenvalue weighted by atomic mass is 10.1. The maximum absolute atomic E-state index is 12.2. The van der Waals surface area contributed by atoms with Gasteiger partial charge in [0.25, 0.3) is 0 Å². The lowest BCUT2D eigenvalue weighted by Gasteiger charge is -2.26. The second-order valence-corrected chi connectivity index (χ2v) is 6.82. The van der Waals surface area contributed by atoms with Crippen LogP contribution < -0.4 is 10.6 Å². The number of likely N-dealkylation sites (tertiary alicyclic amines) is 1. The fourth-order valence-corrected chi connectivity index (χ4v) is 3.79. The van der Waals surface area contributed by atoms with Gasteiger partial charge in [0, 0.05) is 12.6 Å². The van der Waals surface area contributed by atoms with E-state index in [1.54, 1.807) is 6.26 Å². The van der Waals surface area contributed by atoms with E-state index < -0.39 is 0 Å². The summed E-state index contributed by atoms with van der Waals surface area (Å²) in [6.07, 6.45) is 11.5. The summed E-state index contributed by atoms with van der Waals surface area (Å²) in [4.78, 5) is 14.6. The van der Waals surface area contributed by atoms with E-state index in [9.17, 15) is 4.79 Å². The zero-order chi connectivity index (χ0) is 15.9. The van der Waals surface area contributed by atoms with Crippen LogP contribution in [0.3, 0.4) is 0 Å². The van der Waals surface area contributed by atoms with Crippen molar-refractivity contribution in [1.29, 1.82) is 0 Å². The highest BCUT2D eigenvalue weighted by molar-refractivity contribution is 5.74. The Morgan fingerprint density at radius 1 is 1.17 bits per heavy atom. The molecule has 1 aromatic heterocycles. The maximum Gasteiger partial charge on any atom is 0.315 e. The van der Waals surface area contributed by atoms with Gasteiger partial charge in [-0.3, -0.25) is 4.90 Å². The van der Waals surface area contributed by atoms with Gasteiger partial charge in [-0.1, -0.05) is 25.7 Å². The molecule has 0 spiro atoms. The fraction of sp³-hybridized carbons (Fsp3) is 0.722. The van der Waals surface area contributed by atoms with E-state index in [2.05, 4.69) is 15.5 Å². The van der Waals surface area contributed by atoms with Crippen LogP contribution in [-0.2, 0) is 0 Å². The quantitative estimate of drug-likeness (QED) is 0.817. The van der Waals surface area contributed by atoms with Gasteiger partial charge in [-0.05, 0) is 50.9 Å². The van der Waals surface area contributed by atoms with Gasteiger partial charge in [0.15, 0.2) is 0 Å². The molecule has 1 aliphatic heterocycles. The molecule has 1 unspecified atom stereocenters. The third-order valence-electron chi connectivity index (χ3n) is 5.10. The third kappa shape index (κ3) is 4.74. The van der Waals surface area contributed by atoms with E-state index in [1.807, 2.05) is 12.1 Å². The smallest absolute Gasteiger partial charge is 0.315 e. The molecule has 2 fully saturated rings. The van der Waals surface area contributed by atoms with Crippen molar-refractivity contribution in [3.63, 3.8) is 0 Å². The molecule has 1 aliphatic carbocycles. The Morgan fingerprint density at radius 3 is 2.57 bits per heavy atom. The number of carbonyl (C=O) groups is 1. The molecule has 2 N–H and O–H groups in total. The monoisotopic (exact) mass is 319 g/mol. The average Bonchev–Trinajstić information content (AvgIpc) is 3.20. The summed E-state index contributed by atoms with van der Waals surface area (Å²) in [5.41, 5.74) is 0. The van der Waals surface area contributed by atoms with E-state index in [1.165, 1.54) is 38.5 Å². The first-order chi connectivity index (χ1) is 11.3. The van der Waals surface area contributed by atoms with E-state index in [0.29, 0.717) is 12.6 Å². The van der Waals surface area contributed by atoms with E-state index in [-0.39, 0.29) is 12.1 Å². The number of hydrogen-bond donors (Lipinski definition) is 2. The number of rotatable bonds is 5. The minimum absolute atomic E-state index is 0.0346. The standard InChI is InChI=1S/C18H29N3O2/c22-18(20-15-8-3-1-2-4-9-15)19-14-16(17-10-7-13-23-17)21-11-5-6-12-21/h7,10,13,15-16H,1-6,8-9,11-12,14H2,(H2,19,20,22). The predicted molar refractivity (Wildman–Crippen MR) is 90.3 cm³/mol. The molecule has 1 aromatic rings. The Hall–Kier alpha value is -1.49. The first kappa shape index (κ1) is 16.4. The first-order valence-corrected chi connectivity index (χ1v) is 9.15. The highest BCUT2D eigenvalue weighted by Crippen LogP contribution is 2.25. The van der Waals surface area contributed by atoms with Gasteiger partial charge in [0.1, 0.15) is 5.76 Å². The predicted octanol–water partition coefficient (Wildman–Crippen LogP) is 3.44. The SMILES string of the molecule is O=C(NCC(c1ccco1)N1CCCC1)NC1CCCCCC1. The third-order valence-corrected chi connectivity index (χ3v) is 5.10. The van der Waals surface area contributed by atoms with E-state index in [0.717, 1.165) is 31.7 Å². The molecule has 0 aromatic carbocycles. The molecule has 2 heterocycles. The van der Waals surface area contributed by atoms with Crippen molar-refractivity contribution in [1.82, 2.24) is 15.5 Å². The number of nitrogens with one attached hydrogen (secondary N) is 2. The summed E-state index contributed by atoms with van der Waals surface area (Å²) in [6, 6.07) is 4.38. The van der Waals surface area contributed by atoms with Gasteiger partial charge < -0.3 is 15.1 Å². The summed E-state index contributed by atoms with van der Waals surface area (Å²) in [6.45, 7) is 2.76. The van der Waals surface area contributed by atoms with Crippen LogP contribution in [0.5, 0.6) is 0 Å². The Labute approximate surface area is 138 Å². The number of carbonyl (C=O) groups excluding carboxylic acids is 1. The van der Waals surface area contributed by atoms with Crippen molar-refractivity contribution in [2.24, 2.45) is 0 Å². The number of amides is 2. The molecule has 0 radical (unpaired) electrons. The van der Waals surface area contributed by atoms with Gasteiger partial charge in [-0.25, -0.2) is 4.79 Å². The molecule has 0 bridgehead atoms. The normalized spacial score (nSPS) is 21.7. The minimum atomic E-state index is -0.0346. The highest BCUT2D eigenvalue weighted by atomic mass is 16.3. The Morgan fingerprint density at radius 2 is 1.91 bits per heavy atom. The topological polar surface area (TPSA) is 57.5 Å². The van der Waals surface area contributed by atoms with Crippen LogP contribution in [0.4, 0.5) is 4.79 Å². The molecule has 2 amide bonds. The van der Waals surface area contributed by atoms with Crippen LogP contribution in [0.1, 0.15) is 63.2 Å². The van der Waals surface area contributed by atoms with Crippen LogP contribution in [-0.4, -0.2) is 36.6 Å². The number of furan rings is 1. The van der Waals surface area contributed by atoms with Crippen LogP contribution >= 0.6 is 0 Å². The summed E-state index contributed by atoms with van der Waals surface area (Å²) in [7, 11) is 0. The van der Waals surface area contributed by atoms with Crippen LogP contribution in [0.2, 0.25) is 0 Å². The van der Waals surface area contributed by atoms with Crippen molar-refractivity contribution in [3.05, 3.63) is 24.2 Å². The lowest BCUT2D eigenvalue weighted by molar-refractivity contribution is 0.201. The second-order valence-electron chi connectivity index (χ2n) is 6.82. The average molecular weight is 319 g/mol. The van der Waals surface area contributed by atoms with Crippen molar-refractivity contribution >= 4 is 6.03 Å². The second kappa shape index (κ2) is 8.39. The van der Waals surface area contributed by atoms with Crippen LogP contribution in [0.15, 0.2) is 22.8 Å². The Balaban J connectivity index is 1.50. The molecule has 1 saturated heterocycles. The van der Waals surface area contributed by atoms with Crippen molar-refractivity contribution in [3.8, 4) is 0 Å². The molecule has 1 atom stereocenters.